The van der Waals surface area contributed by atoms with Gasteiger partial charge in [0.2, 0.25) is 0 Å². The first kappa shape index (κ1) is 17.4. The Morgan fingerprint density at radius 2 is 2.15 bits per heavy atom. The van der Waals surface area contributed by atoms with Crippen molar-refractivity contribution in [1.29, 1.82) is 0 Å². The normalized spacial score (nSPS) is 26.8. The van der Waals surface area contributed by atoms with Crippen molar-refractivity contribution >= 4 is 5.97 Å². The molecule has 1 aliphatic rings. The molecule has 0 radical (unpaired) electrons. The van der Waals surface area contributed by atoms with Gasteiger partial charge in [0.1, 0.15) is 5.54 Å². The van der Waals surface area contributed by atoms with Crippen molar-refractivity contribution in [3.63, 3.8) is 0 Å². The molecule has 2 atom stereocenters. The fourth-order valence-electron chi connectivity index (χ4n) is 3.24. The number of hydrogen-bond donors (Lipinski definition) is 1. The molecule has 0 aromatic rings. The third-order valence-corrected chi connectivity index (χ3v) is 4.39. The number of carbonyl (C=O) groups excluding carboxylic acids is 1. The maximum absolute atomic E-state index is 12.4. The van der Waals surface area contributed by atoms with Gasteiger partial charge in [-0.2, -0.15) is 0 Å². The van der Waals surface area contributed by atoms with Crippen LogP contribution in [-0.2, 0) is 9.53 Å². The number of esters is 1. The zero-order chi connectivity index (χ0) is 15.0. The van der Waals surface area contributed by atoms with Crippen molar-refractivity contribution in [2.24, 2.45) is 0 Å². The average Bonchev–Trinajstić information content (AvgIpc) is 2.45. The highest BCUT2D eigenvalue weighted by Crippen LogP contribution is 2.32. The SMILES string of the molecule is CCCCN(C)C1CCCC(NCC)(C(=O)OCC)C1. The predicted octanol–water partition coefficient (Wildman–Crippen LogP) is 2.57. The van der Waals surface area contributed by atoms with Gasteiger partial charge in [0.25, 0.3) is 0 Å². The van der Waals surface area contributed by atoms with E-state index in [9.17, 15) is 4.79 Å². The minimum Gasteiger partial charge on any atom is -0.465 e. The van der Waals surface area contributed by atoms with Gasteiger partial charge in [-0.25, -0.2) is 0 Å². The first-order valence-electron chi connectivity index (χ1n) is 8.22. The predicted molar refractivity (Wildman–Crippen MR) is 82.8 cm³/mol. The summed E-state index contributed by atoms with van der Waals surface area (Å²) in [7, 11) is 2.19. The van der Waals surface area contributed by atoms with E-state index in [1.807, 2.05) is 6.92 Å². The molecule has 20 heavy (non-hydrogen) atoms. The van der Waals surface area contributed by atoms with Crippen LogP contribution in [0.5, 0.6) is 0 Å². The van der Waals surface area contributed by atoms with Gasteiger partial charge in [0.05, 0.1) is 6.61 Å². The molecule has 1 rings (SSSR count). The molecule has 0 saturated heterocycles. The van der Waals surface area contributed by atoms with Crippen molar-refractivity contribution in [3.8, 4) is 0 Å². The lowest BCUT2D eigenvalue weighted by Gasteiger charge is -2.42. The second-order valence-electron chi connectivity index (χ2n) is 5.92. The Hall–Kier alpha value is -0.610. The van der Waals surface area contributed by atoms with E-state index < -0.39 is 5.54 Å². The molecule has 0 aromatic carbocycles. The van der Waals surface area contributed by atoms with Crippen LogP contribution in [0.4, 0.5) is 0 Å². The summed E-state index contributed by atoms with van der Waals surface area (Å²) in [6, 6.07) is 0.485. The molecule has 2 unspecified atom stereocenters. The van der Waals surface area contributed by atoms with E-state index in [1.165, 1.54) is 19.3 Å². The maximum atomic E-state index is 12.4. The summed E-state index contributed by atoms with van der Waals surface area (Å²) < 4.78 is 5.33. The van der Waals surface area contributed by atoms with Crippen molar-refractivity contribution in [2.75, 3.05) is 26.7 Å². The van der Waals surface area contributed by atoms with E-state index in [-0.39, 0.29) is 5.97 Å². The molecular formula is C16H32N2O2. The second-order valence-corrected chi connectivity index (χ2v) is 5.92. The van der Waals surface area contributed by atoms with E-state index >= 15 is 0 Å². The Balaban J connectivity index is 2.72. The molecule has 4 heteroatoms. The van der Waals surface area contributed by atoms with Crippen LogP contribution in [0, 0.1) is 0 Å². The molecule has 118 valence electrons. The highest BCUT2D eigenvalue weighted by molar-refractivity contribution is 5.81. The molecule has 0 aliphatic heterocycles. The summed E-state index contributed by atoms with van der Waals surface area (Å²) in [5, 5.41) is 3.42. The molecule has 0 heterocycles. The lowest BCUT2D eigenvalue weighted by atomic mass is 9.78. The third-order valence-electron chi connectivity index (χ3n) is 4.39. The molecule has 1 N–H and O–H groups in total. The van der Waals surface area contributed by atoms with Crippen molar-refractivity contribution in [2.45, 2.75) is 70.9 Å². The Morgan fingerprint density at radius 3 is 2.75 bits per heavy atom. The number of carbonyl (C=O) groups is 1. The standard InChI is InChI=1S/C16H32N2O2/c1-5-8-12-18(4)14-10-9-11-16(13-14,17-6-2)15(19)20-7-3/h14,17H,5-13H2,1-4H3. The van der Waals surface area contributed by atoms with Crippen LogP contribution < -0.4 is 5.32 Å². The van der Waals surface area contributed by atoms with Crippen molar-refractivity contribution in [3.05, 3.63) is 0 Å². The molecule has 0 bridgehead atoms. The van der Waals surface area contributed by atoms with Crippen LogP contribution in [0.2, 0.25) is 0 Å². The van der Waals surface area contributed by atoms with E-state index in [2.05, 4.69) is 31.1 Å². The third kappa shape index (κ3) is 4.45. The van der Waals surface area contributed by atoms with Crippen LogP contribution in [0.3, 0.4) is 0 Å². The molecule has 0 amide bonds. The Labute approximate surface area is 124 Å². The van der Waals surface area contributed by atoms with Gasteiger partial charge < -0.3 is 15.0 Å². The summed E-state index contributed by atoms with van der Waals surface area (Å²) >= 11 is 0. The first-order valence-corrected chi connectivity index (χ1v) is 8.22. The van der Waals surface area contributed by atoms with E-state index in [0.717, 1.165) is 32.4 Å². The smallest absolute Gasteiger partial charge is 0.326 e. The molecule has 0 aromatic heterocycles. The van der Waals surface area contributed by atoms with Gasteiger partial charge in [-0.3, -0.25) is 4.79 Å². The van der Waals surface area contributed by atoms with E-state index in [4.69, 9.17) is 4.74 Å². The molecular weight excluding hydrogens is 252 g/mol. The maximum Gasteiger partial charge on any atom is 0.326 e. The average molecular weight is 284 g/mol. The van der Waals surface area contributed by atoms with Gasteiger partial charge in [0, 0.05) is 6.04 Å². The summed E-state index contributed by atoms with van der Waals surface area (Å²) in [6.07, 6.45) is 6.49. The lowest BCUT2D eigenvalue weighted by Crippen LogP contribution is -2.58. The van der Waals surface area contributed by atoms with E-state index in [0.29, 0.717) is 12.6 Å². The number of likely N-dealkylation sites (N-methyl/N-ethyl adjacent to an activating group) is 1. The van der Waals surface area contributed by atoms with Gasteiger partial charge in [-0.1, -0.05) is 20.3 Å². The van der Waals surface area contributed by atoms with Crippen LogP contribution in [0.15, 0.2) is 0 Å². The Morgan fingerprint density at radius 1 is 1.40 bits per heavy atom. The van der Waals surface area contributed by atoms with Crippen LogP contribution in [0.25, 0.3) is 0 Å². The molecule has 0 spiro atoms. The van der Waals surface area contributed by atoms with Crippen LogP contribution >= 0.6 is 0 Å². The molecule has 1 fully saturated rings. The molecule has 1 saturated carbocycles. The Bertz CT molecular complexity index is 292. The van der Waals surface area contributed by atoms with Crippen LogP contribution in [-0.4, -0.2) is 49.2 Å². The minimum absolute atomic E-state index is 0.0598. The highest BCUT2D eigenvalue weighted by Gasteiger charge is 2.44. The summed E-state index contributed by atoms with van der Waals surface area (Å²) in [4.78, 5) is 14.8. The van der Waals surface area contributed by atoms with Crippen LogP contribution in [0.1, 0.15) is 59.3 Å². The Kier molecular flexibility index (Phi) is 7.52. The summed E-state index contributed by atoms with van der Waals surface area (Å²) in [5.41, 5.74) is -0.464. The number of nitrogens with zero attached hydrogens (tertiary/aromatic N) is 1. The summed E-state index contributed by atoms with van der Waals surface area (Å²) in [6.45, 7) is 8.55. The second kappa shape index (κ2) is 8.63. The quantitative estimate of drug-likeness (QED) is 0.696. The lowest BCUT2D eigenvalue weighted by molar-refractivity contribution is -0.153. The van der Waals surface area contributed by atoms with Crippen molar-refractivity contribution in [1.82, 2.24) is 10.2 Å². The zero-order valence-corrected chi connectivity index (χ0v) is 13.7. The highest BCUT2D eigenvalue weighted by atomic mass is 16.5. The summed E-state index contributed by atoms with van der Waals surface area (Å²) in [5.74, 6) is -0.0598. The molecule has 4 nitrogen and oxygen atoms in total. The van der Waals surface area contributed by atoms with Crippen molar-refractivity contribution < 1.29 is 9.53 Å². The number of ether oxygens (including phenoxy) is 1. The monoisotopic (exact) mass is 284 g/mol. The number of rotatable bonds is 8. The largest absolute Gasteiger partial charge is 0.465 e. The van der Waals surface area contributed by atoms with Gasteiger partial charge in [-0.15, -0.1) is 0 Å². The first-order chi connectivity index (χ1) is 9.59. The van der Waals surface area contributed by atoms with Gasteiger partial charge >= 0.3 is 5.97 Å². The molecule has 1 aliphatic carbocycles. The number of nitrogens with one attached hydrogen (secondary N) is 1. The number of hydrogen-bond acceptors (Lipinski definition) is 4. The zero-order valence-electron chi connectivity index (χ0n) is 13.7. The van der Waals surface area contributed by atoms with Gasteiger partial charge in [0.15, 0.2) is 0 Å². The van der Waals surface area contributed by atoms with E-state index in [1.54, 1.807) is 0 Å². The fourth-order valence-corrected chi connectivity index (χ4v) is 3.24. The minimum atomic E-state index is -0.464. The fraction of sp³-hybridized carbons (Fsp3) is 0.938. The van der Waals surface area contributed by atoms with Gasteiger partial charge in [-0.05, 0) is 59.2 Å². The number of unbranched alkanes of at least 4 members (excludes halogenated alkanes) is 1. The topological polar surface area (TPSA) is 41.6 Å².